The number of benzene rings is 14. The summed E-state index contributed by atoms with van der Waals surface area (Å²) in [6.07, 6.45) is 0. The second kappa shape index (κ2) is 24.3. The average Bonchev–Trinajstić information content (AvgIpc) is 1.52. The number of ether oxygens (including phenoxy) is 1. The summed E-state index contributed by atoms with van der Waals surface area (Å²) in [4.78, 5) is 0. The lowest BCUT2D eigenvalue weighted by Gasteiger charge is -2.36. The summed E-state index contributed by atoms with van der Waals surface area (Å²) in [6.45, 7) is 42.2. The van der Waals surface area contributed by atoms with Gasteiger partial charge in [-0.05, 0) is 214 Å². The Balaban J connectivity index is 0.912. The summed E-state index contributed by atoms with van der Waals surface area (Å²) < 4.78 is 13.5. The van der Waals surface area contributed by atoms with Crippen LogP contribution in [0.25, 0.3) is 133 Å². The SMILES string of the molecule is CC(C)(C)c1cc(-c2cc3c4c(c2)-n2c5ccccc5c5c2c(cc2c6ccccc6n(-c6c(-c7ccccc7)cccc6-c6ccccc6)c25)B4c2cc4c(cc2O3)C2(c3ccccc3-4)c3cc(-c4cc(C(C)(C)C)cc(C(C)(C)C)c4)ccc3-c3ccc(-c4cc(C(C)(C)C)cc(C(C)(C)C)c4)cc32)cc(C(C)(C)C)c1. The summed E-state index contributed by atoms with van der Waals surface area (Å²) in [5, 5.41) is 4.88. The van der Waals surface area contributed by atoms with Crippen LogP contribution in [0.5, 0.6) is 11.5 Å². The molecule has 4 aliphatic rings. The summed E-state index contributed by atoms with van der Waals surface area (Å²) in [6, 6.07) is 107. The van der Waals surface area contributed by atoms with E-state index in [9.17, 15) is 0 Å². The number of hydrogen-bond donors (Lipinski definition) is 0. The molecule has 0 amide bonds. The minimum atomic E-state index is -0.768. The molecule has 14 aromatic carbocycles. The Kier molecular flexibility index (Phi) is 15.2. The van der Waals surface area contributed by atoms with Gasteiger partial charge in [-0.2, -0.15) is 0 Å². The van der Waals surface area contributed by atoms with Crippen LogP contribution in [0.1, 0.15) is 180 Å². The lowest BCUT2D eigenvalue weighted by atomic mass is 9.34. The fraction of sp³-hybridized carbons (Fsp3) is 0.229. The Labute approximate surface area is 668 Å². The first-order valence-electron chi connectivity index (χ1n) is 41.0. The standard InChI is InChI=1S/C109H99BN2O/c1-103(2,3)72-48-68(49-73(58-72)104(4,5)6)66-44-46-81-82-47-45-67(69-50-74(105(7,8)9)59-75(51-69)106(10,11)12)55-89(82)109(88(81)54-66)87-41-28-25-36-80(87)85-61-91-96(63-90(85)109)113-97-57-71(70-52-76(107(13,14)15)60-77(53-70)108(16,17)18)56-95-99(97)110(91)92-62-86-83-37-26-29-42-93(83)112(101(86)98-84-38-27-30-43-94(84)111(95)102(92)98)100-78(64-32-21-19-22-33-64)39-31-40-79(100)65-34-23-20-24-35-65/h19-63H,1-18H3. The van der Waals surface area contributed by atoms with Crippen LogP contribution in [0.2, 0.25) is 0 Å². The first kappa shape index (κ1) is 70.6. The first-order valence-corrected chi connectivity index (χ1v) is 41.0. The molecule has 0 radical (unpaired) electrons. The van der Waals surface area contributed by atoms with E-state index in [-0.39, 0.29) is 39.2 Å². The fourth-order valence-corrected chi connectivity index (χ4v) is 19.6. The largest absolute Gasteiger partial charge is 0.458 e. The monoisotopic (exact) mass is 1460 g/mol. The van der Waals surface area contributed by atoms with E-state index < -0.39 is 5.41 Å². The maximum absolute atomic E-state index is 8.16. The van der Waals surface area contributed by atoms with Gasteiger partial charge in [0.25, 0.3) is 6.71 Å². The molecule has 3 nitrogen and oxygen atoms in total. The molecule has 16 aromatic rings. The molecule has 1 spiro atoms. The van der Waals surface area contributed by atoms with Crippen LogP contribution < -0.4 is 21.1 Å². The Bertz CT molecular complexity index is 6470. The number of hydrogen-bond acceptors (Lipinski definition) is 1. The van der Waals surface area contributed by atoms with Crippen LogP contribution in [0.3, 0.4) is 0 Å². The number of para-hydroxylation sites is 3. The van der Waals surface area contributed by atoms with Gasteiger partial charge in [0.05, 0.1) is 33.2 Å². The molecule has 20 rings (SSSR count). The van der Waals surface area contributed by atoms with Crippen molar-refractivity contribution in [2.24, 2.45) is 0 Å². The lowest BCUT2D eigenvalue weighted by molar-refractivity contribution is 0.486. The molecule has 113 heavy (non-hydrogen) atoms. The molecule has 0 N–H and O–H groups in total. The van der Waals surface area contributed by atoms with Gasteiger partial charge in [-0.15, -0.1) is 0 Å². The molecule has 0 atom stereocenters. The normalized spacial score (nSPS) is 14.1. The molecule has 554 valence electrons. The van der Waals surface area contributed by atoms with Gasteiger partial charge < -0.3 is 13.9 Å². The molecule has 4 heterocycles. The van der Waals surface area contributed by atoms with Crippen molar-refractivity contribution in [2.75, 3.05) is 0 Å². The van der Waals surface area contributed by atoms with Crippen molar-refractivity contribution in [3.8, 4) is 101 Å². The van der Waals surface area contributed by atoms with Crippen molar-refractivity contribution in [2.45, 2.75) is 163 Å². The fourth-order valence-electron chi connectivity index (χ4n) is 19.6. The van der Waals surface area contributed by atoms with Crippen LogP contribution in [-0.2, 0) is 37.9 Å². The van der Waals surface area contributed by atoms with Gasteiger partial charge in [0.2, 0.25) is 0 Å². The quantitative estimate of drug-likeness (QED) is 0.152. The number of rotatable bonds is 6. The zero-order valence-electron chi connectivity index (χ0n) is 68.9. The topological polar surface area (TPSA) is 19.1 Å². The molecule has 2 aromatic heterocycles. The molecule has 2 aliphatic heterocycles. The van der Waals surface area contributed by atoms with E-state index in [0.717, 1.165) is 39.5 Å². The van der Waals surface area contributed by atoms with Crippen LogP contribution >= 0.6 is 0 Å². The van der Waals surface area contributed by atoms with Crippen LogP contribution in [0.15, 0.2) is 273 Å². The highest BCUT2D eigenvalue weighted by molar-refractivity contribution is 6.99. The summed E-state index contributed by atoms with van der Waals surface area (Å²) in [7, 11) is 0. The van der Waals surface area contributed by atoms with Gasteiger partial charge in [-0.1, -0.05) is 355 Å². The molecule has 0 saturated carbocycles. The van der Waals surface area contributed by atoms with Gasteiger partial charge in [-0.25, -0.2) is 0 Å². The Morgan fingerprint density at radius 3 is 1.19 bits per heavy atom. The van der Waals surface area contributed by atoms with E-state index in [2.05, 4.69) is 407 Å². The third kappa shape index (κ3) is 10.7. The molecule has 0 saturated heterocycles. The molecule has 0 fully saturated rings. The highest BCUT2D eigenvalue weighted by Crippen LogP contribution is 2.65. The third-order valence-corrected chi connectivity index (χ3v) is 25.8. The van der Waals surface area contributed by atoms with E-state index in [1.807, 2.05) is 0 Å². The zero-order valence-corrected chi connectivity index (χ0v) is 68.9. The predicted molar refractivity (Wildman–Crippen MR) is 482 cm³/mol. The van der Waals surface area contributed by atoms with E-state index >= 15 is 0 Å². The molecular formula is C109H99BN2O. The molecule has 0 unspecified atom stereocenters. The van der Waals surface area contributed by atoms with Crippen molar-refractivity contribution >= 4 is 66.7 Å². The number of nitrogens with zero attached hydrogens (tertiary/aromatic N) is 2. The lowest BCUT2D eigenvalue weighted by Crippen LogP contribution is -2.58. The molecule has 4 heteroatoms. The first-order chi connectivity index (χ1) is 53.8. The van der Waals surface area contributed by atoms with Crippen LogP contribution in [0, 0.1) is 0 Å². The van der Waals surface area contributed by atoms with Crippen molar-refractivity contribution in [3.05, 3.63) is 329 Å². The second-order valence-corrected chi connectivity index (χ2v) is 39.3. The van der Waals surface area contributed by atoms with Gasteiger partial charge in [-0.3, -0.25) is 0 Å². The Hall–Kier alpha value is -11.5. The van der Waals surface area contributed by atoms with E-state index in [4.69, 9.17) is 4.74 Å². The van der Waals surface area contributed by atoms with Gasteiger partial charge in [0.15, 0.2) is 0 Å². The van der Waals surface area contributed by atoms with Gasteiger partial charge in [0, 0.05) is 38.4 Å². The van der Waals surface area contributed by atoms with E-state index in [0.29, 0.717) is 0 Å². The van der Waals surface area contributed by atoms with Gasteiger partial charge >= 0.3 is 0 Å². The molecular weight excluding hydrogens is 1360 g/mol. The number of aromatic nitrogens is 2. The minimum absolute atomic E-state index is 0.0706. The van der Waals surface area contributed by atoms with Crippen molar-refractivity contribution in [3.63, 3.8) is 0 Å². The predicted octanol–water partition coefficient (Wildman–Crippen LogP) is 27.3. The minimum Gasteiger partial charge on any atom is -0.458 e. The average molecular weight is 1460 g/mol. The van der Waals surface area contributed by atoms with Crippen molar-refractivity contribution in [1.29, 1.82) is 0 Å². The molecule has 2 aliphatic carbocycles. The van der Waals surface area contributed by atoms with Crippen molar-refractivity contribution < 1.29 is 4.74 Å². The smallest absolute Gasteiger partial charge is 0.256 e. The number of fused-ring (bicyclic) bond motifs is 21. The van der Waals surface area contributed by atoms with Crippen molar-refractivity contribution in [1.82, 2.24) is 9.13 Å². The van der Waals surface area contributed by atoms with Gasteiger partial charge in [0.1, 0.15) is 11.5 Å². The Morgan fingerprint density at radius 1 is 0.265 bits per heavy atom. The maximum Gasteiger partial charge on any atom is 0.256 e. The van der Waals surface area contributed by atoms with E-state index in [1.165, 1.54) is 177 Å². The van der Waals surface area contributed by atoms with Crippen LogP contribution in [0.4, 0.5) is 0 Å². The van der Waals surface area contributed by atoms with E-state index in [1.54, 1.807) is 0 Å². The third-order valence-electron chi connectivity index (χ3n) is 25.8. The summed E-state index contributed by atoms with van der Waals surface area (Å²) >= 11 is 0. The van der Waals surface area contributed by atoms with Crippen LogP contribution in [-0.4, -0.2) is 15.8 Å². The Morgan fingerprint density at radius 2 is 0.681 bits per heavy atom. The highest BCUT2D eigenvalue weighted by atomic mass is 16.5. The zero-order chi connectivity index (χ0) is 78.3. The second-order valence-electron chi connectivity index (χ2n) is 39.3. The molecule has 0 bridgehead atoms. The summed E-state index contributed by atoms with van der Waals surface area (Å²) in [5.41, 5.74) is 39.5. The summed E-state index contributed by atoms with van der Waals surface area (Å²) in [5.74, 6) is 1.78. The highest BCUT2D eigenvalue weighted by Gasteiger charge is 2.54. The maximum atomic E-state index is 8.16.